The average Bonchev–Trinajstić information content (AvgIpc) is 2.63. The molecule has 3 nitrogen and oxygen atoms in total. The Bertz CT molecular complexity index is 403. The van der Waals surface area contributed by atoms with Crippen LogP contribution in [0.15, 0.2) is 29.3 Å². The summed E-state index contributed by atoms with van der Waals surface area (Å²) < 4.78 is 4.80. The SMILES string of the molecule is O=C1OCCC1N=Cc1ccccc1Cl. The Labute approximate surface area is 92.7 Å². The fourth-order valence-corrected chi connectivity index (χ4v) is 1.56. The Morgan fingerprint density at radius 1 is 1.47 bits per heavy atom. The number of hydrogen-bond acceptors (Lipinski definition) is 3. The van der Waals surface area contributed by atoms with Gasteiger partial charge in [0.2, 0.25) is 0 Å². The van der Waals surface area contributed by atoms with Gasteiger partial charge in [0, 0.05) is 23.2 Å². The monoisotopic (exact) mass is 223 g/mol. The molecule has 4 heteroatoms. The lowest BCUT2D eigenvalue weighted by molar-refractivity contribution is -0.138. The largest absolute Gasteiger partial charge is 0.464 e. The summed E-state index contributed by atoms with van der Waals surface area (Å²) >= 11 is 5.94. The summed E-state index contributed by atoms with van der Waals surface area (Å²) in [7, 11) is 0. The first kappa shape index (κ1) is 10.2. The number of ether oxygens (including phenoxy) is 1. The van der Waals surface area contributed by atoms with Crippen molar-refractivity contribution in [2.24, 2.45) is 4.99 Å². The molecule has 1 saturated heterocycles. The number of aliphatic imine (C=N–C) groups is 1. The molecule has 1 heterocycles. The summed E-state index contributed by atoms with van der Waals surface area (Å²) in [6.07, 6.45) is 2.28. The molecule has 0 N–H and O–H groups in total. The van der Waals surface area contributed by atoms with E-state index < -0.39 is 0 Å². The van der Waals surface area contributed by atoms with E-state index >= 15 is 0 Å². The molecule has 1 aromatic carbocycles. The van der Waals surface area contributed by atoms with Gasteiger partial charge in [-0.25, -0.2) is 4.79 Å². The number of halogens is 1. The molecule has 1 unspecified atom stereocenters. The van der Waals surface area contributed by atoms with Gasteiger partial charge in [0.15, 0.2) is 6.04 Å². The summed E-state index contributed by atoms with van der Waals surface area (Å²) in [4.78, 5) is 15.3. The minimum atomic E-state index is -0.360. The minimum Gasteiger partial charge on any atom is -0.464 e. The van der Waals surface area contributed by atoms with Crippen molar-refractivity contribution in [2.75, 3.05) is 6.61 Å². The summed E-state index contributed by atoms with van der Waals surface area (Å²) in [5.41, 5.74) is 0.818. The van der Waals surface area contributed by atoms with Gasteiger partial charge in [-0.2, -0.15) is 0 Å². The lowest BCUT2D eigenvalue weighted by atomic mass is 10.2. The van der Waals surface area contributed by atoms with E-state index in [1.165, 1.54) is 0 Å². The highest BCUT2D eigenvalue weighted by Gasteiger charge is 2.24. The molecule has 0 spiro atoms. The molecule has 0 bridgehead atoms. The first-order valence-corrected chi connectivity index (χ1v) is 5.09. The molecule has 2 rings (SSSR count). The predicted molar refractivity (Wildman–Crippen MR) is 58.4 cm³/mol. The van der Waals surface area contributed by atoms with E-state index in [0.717, 1.165) is 5.56 Å². The van der Waals surface area contributed by atoms with Crippen LogP contribution in [0, 0.1) is 0 Å². The number of carbonyl (C=O) groups is 1. The molecular weight excluding hydrogens is 214 g/mol. The molecule has 1 aliphatic heterocycles. The molecule has 0 saturated carbocycles. The van der Waals surface area contributed by atoms with Crippen LogP contribution < -0.4 is 0 Å². The Morgan fingerprint density at radius 2 is 2.27 bits per heavy atom. The van der Waals surface area contributed by atoms with Crippen molar-refractivity contribution in [1.82, 2.24) is 0 Å². The lowest BCUT2D eigenvalue weighted by Gasteiger charge is -1.98. The van der Waals surface area contributed by atoms with E-state index in [0.29, 0.717) is 18.1 Å². The Balaban J connectivity index is 2.11. The van der Waals surface area contributed by atoms with Gasteiger partial charge in [-0.3, -0.25) is 4.99 Å². The Kier molecular flexibility index (Phi) is 3.02. The molecule has 1 aliphatic rings. The maximum absolute atomic E-state index is 11.1. The fraction of sp³-hybridized carbons (Fsp3) is 0.273. The second-order valence-corrected chi connectivity index (χ2v) is 3.68. The van der Waals surface area contributed by atoms with E-state index in [2.05, 4.69) is 4.99 Å². The van der Waals surface area contributed by atoms with Gasteiger partial charge in [-0.15, -0.1) is 0 Å². The van der Waals surface area contributed by atoms with E-state index in [9.17, 15) is 4.79 Å². The second-order valence-electron chi connectivity index (χ2n) is 3.27. The van der Waals surface area contributed by atoms with Gasteiger partial charge in [-0.05, 0) is 6.07 Å². The second kappa shape index (κ2) is 4.45. The molecule has 1 atom stereocenters. The van der Waals surface area contributed by atoms with Crippen molar-refractivity contribution in [2.45, 2.75) is 12.5 Å². The summed E-state index contributed by atoms with van der Waals surface area (Å²) in [5.74, 6) is -0.252. The highest BCUT2D eigenvalue weighted by Crippen LogP contribution is 2.14. The summed E-state index contributed by atoms with van der Waals surface area (Å²) in [5, 5.41) is 0.632. The van der Waals surface area contributed by atoms with E-state index in [4.69, 9.17) is 16.3 Å². The van der Waals surface area contributed by atoms with E-state index in [-0.39, 0.29) is 12.0 Å². The highest BCUT2D eigenvalue weighted by atomic mass is 35.5. The maximum Gasteiger partial charge on any atom is 0.330 e. The smallest absolute Gasteiger partial charge is 0.330 e. The van der Waals surface area contributed by atoms with Crippen molar-refractivity contribution in [3.63, 3.8) is 0 Å². The van der Waals surface area contributed by atoms with Crippen LogP contribution in [-0.2, 0) is 9.53 Å². The fourth-order valence-electron chi connectivity index (χ4n) is 1.37. The molecule has 78 valence electrons. The number of rotatable bonds is 2. The molecule has 0 radical (unpaired) electrons. The van der Waals surface area contributed by atoms with E-state index in [1.54, 1.807) is 12.3 Å². The molecule has 1 aromatic rings. The van der Waals surface area contributed by atoms with Gasteiger partial charge in [0.1, 0.15) is 0 Å². The van der Waals surface area contributed by atoms with Crippen molar-refractivity contribution in [3.8, 4) is 0 Å². The maximum atomic E-state index is 11.1. The number of hydrogen-bond donors (Lipinski definition) is 0. The van der Waals surface area contributed by atoms with Gasteiger partial charge in [-0.1, -0.05) is 29.8 Å². The summed E-state index contributed by atoms with van der Waals surface area (Å²) in [6.45, 7) is 0.462. The highest BCUT2D eigenvalue weighted by molar-refractivity contribution is 6.33. The molecule has 1 fully saturated rings. The third-order valence-electron chi connectivity index (χ3n) is 2.21. The zero-order chi connectivity index (χ0) is 10.7. The Morgan fingerprint density at radius 3 is 2.93 bits per heavy atom. The number of carbonyl (C=O) groups excluding carboxylic acids is 1. The minimum absolute atomic E-state index is 0.252. The van der Waals surface area contributed by atoms with E-state index in [1.807, 2.05) is 18.2 Å². The summed E-state index contributed by atoms with van der Waals surface area (Å²) in [6, 6.07) is 7.01. The Hall–Kier alpha value is -1.35. The van der Waals surface area contributed by atoms with Crippen LogP contribution >= 0.6 is 11.6 Å². The van der Waals surface area contributed by atoms with Crippen molar-refractivity contribution in [3.05, 3.63) is 34.9 Å². The van der Waals surface area contributed by atoms with Crippen molar-refractivity contribution >= 4 is 23.8 Å². The van der Waals surface area contributed by atoms with Gasteiger partial charge in [0.25, 0.3) is 0 Å². The van der Waals surface area contributed by atoms with Gasteiger partial charge < -0.3 is 4.74 Å². The van der Waals surface area contributed by atoms with Crippen molar-refractivity contribution < 1.29 is 9.53 Å². The van der Waals surface area contributed by atoms with Crippen molar-refractivity contribution in [1.29, 1.82) is 0 Å². The predicted octanol–water partition coefficient (Wildman–Crippen LogP) is 2.07. The number of nitrogens with zero attached hydrogens (tertiary/aromatic N) is 1. The van der Waals surface area contributed by atoms with Crippen LogP contribution in [0.2, 0.25) is 5.02 Å². The normalized spacial score (nSPS) is 20.9. The van der Waals surface area contributed by atoms with Crippen LogP contribution in [0.3, 0.4) is 0 Å². The lowest BCUT2D eigenvalue weighted by Crippen LogP contribution is -2.11. The van der Waals surface area contributed by atoms with Crippen LogP contribution in [0.1, 0.15) is 12.0 Å². The molecule has 0 aliphatic carbocycles. The zero-order valence-electron chi connectivity index (χ0n) is 8.02. The molecular formula is C11H10ClNO2. The zero-order valence-corrected chi connectivity index (χ0v) is 8.78. The first-order valence-electron chi connectivity index (χ1n) is 4.72. The number of esters is 1. The van der Waals surface area contributed by atoms with Crippen LogP contribution in [0.5, 0.6) is 0 Å². The number of cyclic esters (lactones) is 1. The quantitative estimate of drug-likeness (QED) is 0.569. The third-order valence-corrected chi connectivity index (χ3v) is 2.55. The van der Waals surface area contributed by atoms with Gasteiger partial charge in [0.05, 0.1) is 6.61 Å². The third kappa shape index (κ3) is 2.36. The molecule has 0 aromatic heterocycles. The van der Waals surface area contributed by atoms with Crippen LogP contribution in [-0.4, -0.2) is 24.8 Å². The number of benzene rings is 1. The van der Waals surface area contributed by atoms with Crippen LogP contribution in [0.4, 0.5) is 0 Å². The van der Waals surface area contributed by atoms with Crippen LogP contribution in [0.25, 0.3) is 0 Å². The topological polar surface area (TPSA) is 38.7 Å². The molecule has 15 heavy (non-hydrogen) atoms. The first-order chi connectivity index (χ1) is 7.27. The average molecular weight is 224 g/mol. The molecule has 0 amide bonds. The van der Waals surface area contributed by atoms with Gasteiger partial charge >= 0.3 is 5.97 Å². The standard InChI is InChI=1S/C11H10ClNO2/c12-9-4-2-1-3-8(9)7-13-10-5-6-15-11(10)14/h1-4,7,10H,5-6H2.